The number of hydrogen-bond donors (Lipinski definition) is 0. The van der Waals surface area contributed by atoms with Gasteiger partial charge < -0.3 is 9.47 Å². The second-order valence-corrected chi connectivity index (χ2v) is 4.16. The molecular weight excluding hydrogens is 402 g/mol. The van der Waals surface area contributed by atoms with Crippen LogP contribution in [0.5, 0.6) is 11.5 Å². The van der Waals surface area contributed by atoms with E-state index < -0.39 is 0 Å². The molecule has 0 fully saturated rings. The first-order chi connectivity index (χ1) is 8.74. The molecule has 0 unspecified atom stereocenters. The van der Waals surface area contributed by atoms with Gasteiger partial charge in [-0.2, -0.15) is 35.4 Å². The molecule has 0 aliphatic heterocycles. The third kappa shape index (κ3) is 7.31. The molecule has 0 aliphatic rings. The summed E-state index contributed by atoms with van der Waals surface area (Å²) in [6.07, 6.45) is 0. The average Bonchev–Trinajstić information content (AvgIpc) is 2.39. The Balaban J connectivity index is 0.00000180. The molecule has 0 saturated heterocycles. The summed E-state index contributed by atoms with van der Waals surface area (Å²) in [5, 5.41) is 0. The Kier molecular flexibility index (Phi) is 11.0. The van der Waals surface area contributed by atoms with Gasteiger partial charge in [0.05, 0.1) is 0 Å². The Morgan fingerprint density at radius 3 is 1.45 bits per heavy atom. The maximum Gasteiger partial charge on any atom is 0.119 e. The van der Waals surface area contributed by atoms with Crippen LogP contribution in [-0.2, 0) is 65.4 Å². The van der Waals surface area contributed by atoms with Crippen molar-refractivity contribution >= 4 is 0 Å². The van der Waals surface area contributed by atoms with E-state index >= 15 is 0 Å². The Labute approximate surface area is 171 Å². The quantitative estimate of drug-likeness (QED) is 0.548. The van der Waals surface area contributed by atoms with Crippen molar-refractivity contribution in [1.82, 2.24) is 0 Å². The van der Waals surface area contributed by atoms with Gasteiger partial charge in [-0.3, -0.25) is 0 Å². The third-order valence-corrected chi connectivity index (χ3v) is 2.48. The second-order valence-electron chi connectivity index (χ2n) is 4.16. The molecule has 0 saturated carbocycles. The zero-order chi connectivity index (χ0) is 12.8. The molecule has 0 bridgehead atoms. The van der Waals surface area contributed by atoms with Crippen LogP contribution in [0.1, 0.15) is 11.1 Å². The Morgan fingerprint density at radius 2 is 1.15 bits per heavy atom. The fraction of sp³-hybridized carbons (Fsp3) is 0.250. The van der Waals surface area contributed by atoms with E-state index in [9.17, 15) is 0 Å². The van der Waals surface area contributed by atoms with Gasteiger partial charge in [-0.1, -0.05) is 13.8 Å². The summed E-state index contributed by atoms with van der Waals surface area (Å²) in [4.78, 5) is 0. The molecule has 0 aliphatic carbocycles. The second kappa shape index (κ2) is 10.9. The van der Waals surface area contributed by atoms with Gasteiger partial charge in [0.25, 0.3) is 0 Å². The largest absolute Gasteiger partial charge is 0.516 e. The summed E-state index contributed by atoms with van der Waals surface area (Å²) in [6, 6.07) is 17.7. The van der Waals surface area contributed by atoms with Crippen molar-refractivity contribution in [2.24, 2.45) is 0 Å². The van der Waals surface area contributed by atoms with Crippen LogP contribution < -0.4 is 9.47 Å². The molecule has 20 heavy (non-hydrogen) atoms. The van der Waals surface area contributed by atoms with Crippen molar-refractivity contribution in [2.75, 3.05) is 13.2 Å². The minimum Gasteiger partial charge on any atom is -0.516 e. The first kappa shape index (κ1) is 20.2. The van der Waals surface area contributed by atoms with Crippen molar-refractivity contribution in [3.63, 3.8) is 0 Å². The number of hydrogen-bond acceptors (Lipinski definition) is 2. The van der Waals surface area contributed by atoms with Crippen molar-refractivity contribution < 1.29 is 74.9 Å². The van der Waals surface area contributed by atoms with Crippen LogP contribution in [0.15, 0.2) is 36.4 Å². The van der Waals surface area contributed by atoms with Gasteiger partial charge in [-0.25, -0.2) is 0 Å². The van der Waals surface area contributed by atoms with E-state index in [0.717, 1.165) is 11.5 Å². The molecule has 0 spiro atoms. The van der Waals surface area contributed by atoms with Gasteiger partial charge in [0.2, 0.25) is 0 Å². The molecular formula is C16H16O2Y2-2. The molecule has 0 amide bonds. The molecule has 100 valence electrons. The third-order valence-electron chi connectivity index (χ3n) is 2.48. The van der Waals surface area contributed by atoms with Crippen LogP contribution in [0, 0.1) is 26.0 Å². The van der Waals surface area contributed by atoms with Gasteiger partial charge in [0.1, 0.15) is 13.2 Å². The van der Waals surface area contributed by atoms with Crippen LogP contribution >= 0.6 is 0 Å². The van der Waals surface area contributed by atoms with Gasteiger partial charge in [-0.15, -0.1) is 24.3 Å². The first-order valence-corrected chi connectivity index (χ1v) is 5.96. The van der Waals surface area contributed by atoms with Crippen molar-refractivity contribution in [2.45, 2.75) is 13.8 Å². The number of aryl methyl sites for hydroxylation is 2. The van der Waals surface area contributed by atoms with Crippen molar-refractivity contribution in [1.29, 1.82) is 0 Å². The zero-order valence-electron chi connectivity index (χ0n) is 11.8. The normalized spacial score (nSPS) is 9.10. The minimum absolute atomic E-state index is 0. The topological polar surface area (TPSA) is 18.5 Å². The molecule has 2 nitrogen and oxygen atoms in total. The summed E-state index contributed by atoms with van der Waals surface area (Å²) >= 11 is 0. The molecule has 2 radical (unpaired) electrons. The van der Waals surface area contributed by atoms with E-state index in [4.69, 9.17) is 9.47 Å². The Hall–Kier alpha value is 0.248. The van der Waals surface area contributed by atoms with E-state index in [1.807, 2.05) is 50.2 Å². The van der Waals surface area contributed by atoms with Crippen molar-refractivity contribution in [3.05, 3.63) is 59.7 Å². The maximum absolute atomic E-state index is 5.51. The fourth-order valence-corrected chi connectivity index (χ4v) is 1.46. The van der Waals surface area contributed by atoms with Crippen LogP contribution in [0.4, 0.5) is 0 Å². The smallest absolute Gasteiger partial charge is 0.119 e. The van der Waals surface area contributed by atoms with Crippen LogP contribution in [0.25, 0.3) is 0 Å². The molecule has 4 heteroatoms. The monoisotopic (exact) mass is 418 g/mol. The summed E-state index contributed by atoms with van der Waals surface area (Å²) in [5.74, 6) is 1.49. The molecule has 0 aromatic heterocycles. The molecule has 0 atom stereocenters. The number of rotatable bonds is 5. The Morgan fingerprint density at radius 1 is 0.750 bits per heavy atom. The van der Waals surface area contributed by atoms with Crippen LogP contribution in [0.3, 0.4) is 0 Å². The maximum atomic E-state index is 5.51. The zero-order valence-corrected chi connectivity index (χ0v) is 17.5. The number of ether oxygens (including phenoxy) is 2. The predicted octanol–water partition coefficient (Wildman–Crippen LogP) is 3.36. The van der Waals surface area contributed by atoms with Crippen LogP contribution in [-0.4, -0.2) is 13.2 Å². The number of benzene rings is 2. The van der Waals surface area contributed by atoms with E-state index in [-0.39, 0.29) is 65.4 Å². The van der Waals surface area contributed by atoms with Crippen molar-refractivity contribution in [3.8, 4) is 11.5 Å². The van der Waals surface area contributed by atoms with Gasteiger partial charge in [0, 0.05) is 76.9 Å². The summed E-state index contributed by atoms with van der Waals surface area (Å²) in [6.45, 7) is 5.05. The average molecular weight is 418 g/mol. The minimum atomic E-state index is 0. The van der Waals surface area contributed by atoms with E-state index in [1.54, 1.807) is 0 Å². The molecule has 0 N–H and O–H groups in total. The summed E-state index contributed by atoms with van der Waals surface area (Å²) in [5.41, 5.74) is 2.35. The molecule has 0 heterocycles. The molecule has 2 aromatic carbocycles. The van der Waals surface area contributed by atoms with Gasteiger partial charge >= 0.3 is 0 Å². The summed E-state index contributed by atoms with van der Waals surface area (Å²) in [7, 11) is 0. The fourth-order valence-electron chi connectivity index (χ4n) is 1.46. The van der Waals surface area contributed by atoms with E-state index in [2.05, 4.69) is 12.1 Å². The molecule has 2 rings (SSSR count). The van der Waals surface area contributed by atoms with Gasteiger partial charge in [-0.05, 0) is 0 Å². The van der Waals surface area contributed by atoms with E-state index in [0.29, 0.717) is 13.2 Å². The molecule has 2 aromatic rings. The SMILES string of the molecule is Cc1c[c-]c(OCCOc2[c-]cc(C)cc2)cc1.[Y].[Y]. The predicted molar refractivity (Wildman–Crippen MR) is 71.0 cm³/mol. The summed E-state index contributed by atoms with van der Waals surface area (Å²) < 4.78 is 11.0. The van der Waals surface area contributed by atoms with Crippen LogP contribution in [0.2, 0.25) is 0 Å². The standard InChI is InChI=1S/C16H16O2.2Y/c1-13-3-7-15(8-4-13)17-11-12-18-16-9-5-14(2)6-10-16;;/h3-7,9H,11-12H2,1-2H3;;/q-2;;. The first-order valence-electron chi connectivity index (χ1n) is 5.96. The van der Waals surface area contributed by atoms with E-state index in [1.165, 1.54) is 11.1 Å². The van der Waals surface area contributed by atoms with Gasteiger partial charge in [0.15, 0.2) is 0 Å². The Bertz CT molecular complexity index is 433.